The molecule has 1 aromatic heterocycles. The van der Waals surface area contributed by atoms with Crippen LogP contribution in [0.5, 0.6) is 11.5 Å². The number of piperidine rings is 1. The number of aromatic nitrogens is 2. The Balaban J connectivity index is 1.22. The average molecular weight is 489 g/mol. The number of benzene rings is 3. The van der Waals surface area contributed by atoms with Crippen molar-refractivity contribution in [1.29, 1.82) is 0 Å². The maximum absolute atomic E-state index is 13.1. The SMILES string of the molecule is O=C(Nc1ccccc1Oc1ccccc1)C1CCCN(Cc2nc(-c3ccccc3Cl)no2)C1. The van der Waals surface area contributed by atoms with Crippen molar-refractivity contribution in [3.63, 3.8) is 0 Å². The van der Waals surface area contributed by atoms with Crippen LogP contribution in [0.1, 0.15) is 18.7 Å². The summed E-state index contributed by atoms with van der Waals surface area (Å²) in [6.45, 7) is 1.95. The van der Waals surface area contributed by atoms with Gasteiger partial charge in [0.1, 0.15) is 5.75 Å². The third-order valence-corrected chi connectivity index (χ3v) is 6.26. The van der Waals surface area contributed by atoms with Crippen LogP contribution in [0.2, 0.25) is 5.02 Å². The second kappa shape index (κ2) is 10.7. The zero-order chi connectivity index (χ0) is 24.0. The van der Waals surface area contributed by atoms with Crippen molar-refractivity contribution in [3.8, 4) is 22.9 Å². The predicted octanol–water partition coefficient (Wildman–Crippen LogP) is 6.03. The van der Waals surface area contributed by atoms with Gasteiger partial charge in [-0.1, -0.05) is 59.2 Å². The molecule has 1 aliphatic rings. The summed E-state index contributed by atoms with van der Waals surface area (Å²) in [4.78, 5) is 19.8. The van der Waals surface area contributed by atoms with Gasteiger partial charge in [0.2, 0.25) is 17.6 Å². The normalized spacial score (nSPS) is 16.1. The fourth-order valence-electron chi connectivity index (χ4n) is 4.18. The van der Waals surface area contributed by atoms with E-state index in [1.807, 2.05) is 72.8 Å². The summed E-state index contributed by atoms with van der Waals surface area (Å²) < 4.78 is 11.4. The van der Waals surface area contributed by atoms with Crippen LogP contribution in [-0.4, -0.2) is 34.0 Å². The first-order valence-electron chi connectivity index (χ1n) is 11.6. The van der Waals surface area contributed by atoms with E-state index in [9.17, 15) is 4.79 Å². The number of amides is 1. The molecule has 3 aromatic carbocycles. The number of carbonyl (C=O) groups excluding carboxylic acids is 1. The Kier molecular flexibility index (Phi) is 7.07. The lowest BCUT2D eigenvalue weighted by molar-refractivity contribution is -0.121. The van der Waals surface area contributed by atoms with Crippen molar-refractivity contribution in [3.05, 3.63) is 89.8 Å². The van der Waals surface area contributed by atoms with E-state index in [-0.39, 0.29) is 11.8 Å². The number of para-hydroxylation sites is 3. The van der Waals surface area contributed by atoms with Gasteiger partial charge in [-0.05, 0) is 55.8 Å². The van der Waals surface area contributed by atoms with Crippen molar-refractivity contribution in [2.45, 2.75) is 19.4 Å². The van der Waals surface area contributed by atoms with Gasteiger partial charge in [0, 0.05) is 12.1 Å². The molecular weight excluding hydrogens is 464 g/mol. The molecule has 1 atom stereocenters. The lowest BCUT2D eigenvalue weighted by Gasteiger charge is -2.31. The average Bonchev–Trinajstić information content (AvgIpc) is 3.34. The molecule has 1 fully saturated rings. The van der Waals surface area contributed by atoms with Gasteiger partial charge in [0.15, 0.2) is 5.75 Å². The number of rotatable bonds is 7. The highest BCUT2D eigenvalue weighted by Gasteiger charge is 2.27. The van der Waals surface area contributed by atoms with Crippen LogP contribution < -0.4 is 10.1 Å². The molecule has 1 aliphatic heterocycles. The molecule has 35 heavy (non-hydrogen) atoms. The molecule has 0 aliphatic carbocycles. The van der Waals surface area contributed by atoms with E-state index >= 15 is 0 Å². The molecular formula is C27H25ClN4O3. The van der Waals surface area contributed by atoms with Gasteiger partial charge in [-0.15, -0.1) is 0 Å². The standard InChI is InChI=1S/C27H25ClN4O3/c28-22-13-5-4-12-21(22)26-30-25(35-31-26)18-32-16-8-9-19(17-32)27(33)29-23-14-6-7-15-24(23)34-20-10-2-1-3-11-20/h1-7,10-15,19H,8-9,16-18H2,(H,29,33). The highest BCUT2D eigenvalue weighted by atomic mass is 35.5. The number of carbonyl (C=O) groups is 1. The van der Waals surface area contributed by atoms with E-state index < -0.39 is 0 Å². The van der Waals surface area contributed by atoms with Crippen LogP contribution in [0.25, 0.3) is 11.4 Å². The maximum Gasteiger partial charge on any atom is 0.241 e. The third kappa shape index (κ3) is 5.70. The molecule has 1 amide bonds. The lowest BCUT2D eigenvalue weighted by Crippen LogP contribution is -2.40. The van der Waals surface area contributed by atoms with Crippen molar-refractivity contribution in [2.75, 3.05) is 18.4 Å². The Morgan fingerprint density at radius 1 is 1.06 bits per heavy atom. The summed E-state index contributed by atoms with van der Waals surface area (Å²) >= 11 is 6.25. The molecule has 2 heterocycles. The largest absolute Gasteiger partial charge is 0.455 e. The number of likely N-dealkylation sites (tertiary alicyclic amines) is 1. The van der Waals surface area contributed by atoms with Crippen LogP contribution in [0.3, 0.4) is 0 Å². The highest BCUT2D eigenvalue weighted by Crippen LogP contribution is 2.30. The highest BCUT2D eigenvalue weighted by molar-refractivity contribution is 6.33. The van der Waals surface area contributed by atoms with E-state index in [0.717, 1.165) is 24.9 Å². The van der Waals surface area contributed by atoms with Crippen LogP contribution in [0.4, 0.5) is 5.69 Å². The number of hydrogen-bond donors (Lipinski definition) is 1. The molecule has 178 valence electrons. The lowest BCUT2D eigenvalue weighted by atomic mass is 9.97. The summed E-state index contributed by atoms with van der Waals surface area (Å²) in [5, 5.41) is 7.71. The molecule has 1 unspecified atom stereocenters. The second-order valence-corrected chi connectivity index (χ2v) is 8.87. The van der Waals surface area contributed by atoms with Crippen LogP contribution in [0, 0.1) is 5.92 Å². The summed E-state index contributed by atoms with van der Waals surface area (Å²) in [7, 11) is 0. The van der Waals surface area contributed by atoms with Gasteiger partial charge in [-0.2, -0.15) is 4.98 Å². The van der Waals surface area contributed by atoms with Gasteiger partial charge in [0.05, 0.1) is 23.2 Å². The summed E-state index contributed by atoms with van der Waals surface area (Å²) in [6.07, 6.45) is 1.73. The zero-order valence-electron chi connectivity index (χ0n) is 19.1. The fourth-order valence-corrected chi connectivity index (χ4v) is 4.40. The van der Waals surface area contributed by atoms with Crippen molar-refractivity contribution in [1.82, 2.24) is 15.0 Å². The maximum atomic E-state index is 13.1. The Bertz CT molecular complexity index is 1290. The van der Waals surface area contributed by atoms with Gasteiger partial charge in [-0.3, -0.25) is 9.69 Å². The first-order valence-corrected chi connectivity index (χ1v) is 12.0. The first kappa shape index (κ1) is 23.1. The smallest absolute Gasteiger partial charge is 0.241 e. The third-order valence-electron chi connectivity index (χ3n) is 5.93. The molecule has 0 radical (unpaired) electrons. The topological polar surface area (TPSA) is 80.5 Å². The first-order chi connectivity index (χ1) is 17.2. The molecule has 5 rings (SSSR count). The number of nitrogens with zero attached hydrogens (tertiary/aromatic N) is 3. The molecule has 8 heteroatoms. The van der Waals surface area contributed by atoms with Crippen molar-refractivity contribution in [2.24, 2.45) is 5.92 Å². The Morgan fingerprint density at radius 3 is 2.69 bits per heavy atom. The Labute approximate surface area is 208 Å². The minimum atomic E-state index is -0.153. The number of halogens is 1. The van der Waals surface area contributed by atoms with Crippen LogP contribution in [0.15, 0.2) is 83.4 Å². The molecule has 0 saturated carbocycles. The van der Waals surface area contributed by atoms with E-state index in [4.69, 9.17) is 20.9 Å². The van der Waals surface area contributed by atoms with Gasteiger partial charge < -0.3 is 14.6 Å². The van der Waals surface area contributed by atoms with E-state index in [0.29, 0.717) is 47.0 Å². The molecule has 4 aromatic rings. The van der Waals surface area contributed by atoms with Crippen LogP contribution >= 0.6 is 11.6 Å². The summed E-state index contributed by atoms with van der Waals surface area (Å²) in [5.41, 5.74) is 1.39. The summed E-state index contributed by atoms with van der Waals surface area (Å²) in [5.74, 6) is 2.11. The predicted molar refractivity (Wildman–Crippen MR) is 134 cm³/mol. The fraction of sp³-hybridized carbons (Fsp3) is 0.222. The van der Waals surface area contributed by atoms with E-state index in [2.05, 4.69) is 20.4 Å². The van der Waals surface area contributed by atoms with Crippen LogP contribution in [-0.2, 0) is 11.3 Å². The minimum Gasteiger partial charge on any atom is -0.455 e. The quantitative estimate of drug-likeness (QED) is 0.342. The Morgan fingerprint density at radius 2 is 1.83 bits per heavy atom. The molecule has 0 spiro atoms. The zero-order valence-corrected chi connectivity index (χ0v) is 19.8. The molecule has 1 saturated heterocycles. The Hall–Kier alpha value is -3.68. The monoisotopic (exact) mass is 488 g/mol. The van der Waals surface area contributed by atoms with E-state index in [1.54, 1.807) is 6.07 Å². The number of anilines is 1. The summed E-state index contributed by atoms with van der Waals surface area (Å²) in [6, 6.07) is 24.4. The van der Waals surface area contributed by atoms with Gasteiger partial charge >= 0.3 is 0 Å². The molecule has 7 nitrogen and oxygen atoms in total. The minimum absolute atomic E-state index is 0.0268. The number of hydrogen-bond acceptors (Lipinski definition) is 6. The van der Waals surface area contributed by atoms with Gasteiger partial charge in [-0.25, -0.2) is 0 Å². The van der Waals surface area contributed by atoms with Crippen molar-refractivity contribution >= 4 is 23.2 Å². The number of nitrogens with one attached hydrogen (secondary N) is 1. The van der Waals surface area contributed by atoms with E-state index in [1.165, 1.54) is 0 Å². The van der Waals surface area contributed by atoms with Gasteiger partial charge in [0.25, 0.3) is 0 Å². The molecule has 1 N–H and O–H groups in total. The van der Waals surface area contributed by atoms with Crippen molar-refractivity contribution < 1.29 is 14.1 Å². The number of ether oxygens (including phenoxy) is 1. The molecule has 0 bridgehead atoms. The second-order valence-electron chi connectivity index (χ2n) is 8.47.